The first-order valence-corrected chi connectivity index (χ1v) is 9.16. The van der Waals surface area contributed by atoms with Crippen molar-refractivity contribution in [3.8, 4) is 17.6 Å². The highest BCUT2D eigenvalue weighted by molar-refractivity contribution is 6.34. The van der Waals surface area contributed by atoms with E-state index >= 15 is 0 Å². The second-order valence-corrected chi connectivity index (χ2v) is 7.00. The number of nitrogen functional groups attached to an aromatic ring is 1. The number of fused-ring (bicyclic) bond motifs is 1. The summed E-state index contributed by atoms with van der Waals surface area (Å²) >= 11 is 6.34. The predicted molar refractivity (Wildman–Crippen MR) is 109 cm³/mol. The number of aliphatic hydroxyl groups excluding tert-OH is 1. The Labute approximate surface area is 168 Å². The maximum absolute atomic E-state index is 9.22. The Bertz CT molecular complexity index is 1100. The SMILES string of the molecule is COc1c(C)cnc(Cn2cc(C#C[C@@H](C)CO)c3c(Cl)nc(N)nc32)c1C. The fraction of sp³-hybridized carbons (Fsp3) is 0.350. The van der Waals surface area contributed by atoms with Crippen molar-refractivity contribution in [1.29, 1.82) is 0 Å². The van der Waals surface area contributed by atoms with Gasteiger partial charge in [-0.1, -0.05) is 23.4 Å². The van der Waals surface area contributed by atoms with Gasteiger partial charge in [0.15, 0.2) is 0 Å². The summed E-state index contributed by atoms with van der Waals surface area (Å²) in [6, 6.07) is 0. The van der Waals surface area contributed by atoms with Gasteiger partial charge in [0.25, 0.3) is 0 Å². The molecule has 28 heavy (non-hydrogen) atoms. The molecule has 3 heterocycles. The van der Waals surface area contributed by atoms with E-state index in [4.69, 9.17) is 22.1 Å². The first-order valence-electron chi connectivity index (χ1n) is 8.79. The zero-order valence-electron chi connectivity index (χ0n) is 16.2. The lowest BCUT2D eigenvalue weighted by Crippen LogP contribution is -2.07. The van der Waals surface area contributed by atoms with E-state index in [1.807, 2.05) is 31.5 Å². The zero-order chi connectivity index (χ0) is 20.4. The van der Waals surface area contributed by atoms with Crippen LogP contribution < -0.4 is 10.5 Å². The highest BCUT2D eigenvalue weighted by atomic mass is 35.5. The minimum Gasteiger partial charge on any atom is -0.496 e. The number of anilines is 1. The molecular formula is C20H22ClN5O2. The van der Waals surface area contributed by atoms with Gasteiger partial charge in [-0.3, -0.25) is 4.98 Å². The molecule has 3 N–H and O–H groups in total. The Morgan fingerprint density at radius 3 is 2.79 bits per heavy atom. The summed E-state index contributed by atoms with van der Waals surface area (Å²) in [4.78, 5) is 13.0. The summed E-state index contributed by atoms with van der Waals surface area (Å²) in [5, 5.41) is 10.1. The maximum atomic E-state index is 9.22. The lowest BCUT2D eigenvalue weighted by atomic mass is 10.1. The smallest absolute Gasteiger partial charge is 0.223 e. The van der Waals surface area contributed by atoms with E-state index in [2.05, 4.69) is 26.8 Å². The van der Waals surface area contributed by atoms with Crippen LogP contribution in [0.25, 0.3) is 11.0 Å². The van der Waals surface area contributed by atoms with Crippen LogP contribution in [0, 0.1) is 31.6 Å². The Balaban J connectivity index is 2.15. The van der Waals surface area contributed by atoms with Crippen molar-refractivity contribution in [2.24, 2.45) is 5.92 Å². The lowest BCUT2D eigenvalue weighted by Gasteiger charge is -2.13. The number of hydrogen-bond acceptors (Lipinski definition) is 6. The van der Waals surface area contributed by atoms with Gasteiger partial charge in [-0.2, -0.15) is 4.98 Å². The molecule has 3 aromatic rings. The summed E-state index contributed by atoms with van der Waals surface area (Å²) < 4.78 is 7.40. The molecule has 1 atom stereocenters. The van der Waals surface area contributed by atoms with Crippen LogP contribution in [0.4, 0.5) is 5.95 Å². The summed E-state index contributed by atoms with van der Waals surface area (Å²) in [5.41, 5.74) is 9.84. The fourth-order valence-electron chi connectivity index (χ4n) is 3.01. The standard InChI is InChI=1S/C20H22ClN5O2/c1-11(10-27)5-6-14-8-26(19-16(14)18(21)24-20(22)25-19)9-15-13(3)17(28-4)12(2)7-23-15/h7-8,11,27H,9-10H2,1-4H3,(H2,22,24,25)/t11-/m1/s1. The summed E-state index contributed by atoms with van der Waals surface area (Å²) in [5.74, 6) is 6.82. The quantitative estimate of drug-likeness (QED) is 0.517. The first-order chi connectivity index (χ1) is 13.3. The Hall–Kier alpha value is -2.82. The van der Waals surface area contributed by atoms with E-state index in [-0.39, 0.29) is 23.6 Å². The molecule has 0 spiro atoms. The monoisotopic (exact) mass is 399 g/mol. The first kappa shape index (κ1) is 19.9. The number of aromatic nitrogens is 4. The van der Waals surface area contributed by atoms with Crippen LogP contribution in [0.5, 0.6) is 5.75 Å². The molecule has 0 saturated carbocycles. The summed E-state index contributed by atoms with van der Waals surface area (Å²) in [7, 11) is 1.65. The van der Waals surface area contributed by atoms with Crippen LogP contribution in [-0.4, -0.2) is 38.3 Å². The number of ether oxygens (including phenoxy) is 1. The van der Waals surface area contributed by atoms with Gasteiger partial charge in [0.1, 0.15) is 16.5 Å². The van der Waals surface area contributed by atoms with Crippen LogP contribution in [0.15, 0.2) is 12.4 Å². The molecule has 0 bridgehead atoms. The van der Waals surface area contributed by atoms with Crippen molar-refractivity contribution >= 4 is 28.6 Å². The zero-order valence-corrected chi connectivity index (χ0v) is 17.0. The number of aliphatic hydroxyl groups is 1. The molecule has 0 aliphatic rings. The minimum atomic E-state index is -0.155. The number of aryl methyl sites for hydroxylation is 1. The molecule has 3 aromatic heterocycles. The number of halogens is 1. The molecule has 0 aliphatic heterocycles. The molecule has 0 aromatic carbocycles. The molecule has 7 nitrogen and oxygen atoms in total. The van der Waals surface area contributed by atoms with E-state index in [1.54, 1.807) is 13.3 Å². The third-order valence-corrected chi connectivity index (χ3v) is 4.76. The fourth-order valence-corrected chi connectivity index (χ4v) is 3.29. The second kappa shape index (κ2) is 8.05. The highest BCUT2D eigenvalue weighted by Gasteiger charge is 2.17. The Kier molecular flexibility index (Phi) is 5.73. The van der Waals surface area contributed by atoms with Gasteiger partial charge in [0.2, 0.25) is 5.95 Å². The maximum Gasteiger partial charge on any atom is 0.223 e. The number of pyridine rings is 1. The van der Waals surface area contributed by atoms with Crippen LogP contribution >= 0.6 is 11.6 Å². The Morgan fingerprint density at radius 1 is 1.36 bits per heavy atom. The molecule has 0 saturated heterocycles. The number of rotatable bonds is 4. The molecule has 0 radical (unpaired) electrons. The number of methoxy groups -OCH3 is 1. The van der Waals surface area contributed by atoms with Crippen molar-refractivity contribution in [1.82, 2.24) is 19.5 Å². The molecule has 0 aliphatic carbocycles. The summed E-state index contributed by atoms with van der Waals surface area (Å²) in [6.45, 7) is 6.20. The number of nitrogens with two attached hydrogens (primary N) is 1. The van der Waals surface area contributed by atoms with Gasteiger partial charge in [0, 0.05) is 29.4 Å². The number of hydrogen-bond donors (Lipinski definition) is 2. The minimum absolute atomic E-state index is 0.0188. The van der Waals surface area contributed by atoms with Crippen molar-refractivity contribution in [3.63, 3.8) is 0 Å². The normalized spacial score (nSPS) is 11.9. The van der Waals surface area contributed by atoms with Crippen molar-refractivity contribution in [2.75, 3.05) is 19.5 Å². The van der Waals surface area contributed by atoms with Crippen LogP contribution in [-0.2, 0) is 6.54 Å². The van der Waals surface area contributed by atoms with Crippen molar-refractivity contribution < 1.29 is 9.84 Å². The van der Waals surface area contributed by atoms with Gasteiger partial charge in [-0.25, -0.2) is 4.98 Å². The van der Waals surface area contributed by atoms with E-state index in [9.17, 15) is 5.11 Å². The van der Waals surface area contributed by atoms with Crippen molar-refractivity contribution in [2.45, 2.75) is 27.3 Å². The Morgan fingerprint density at radius 2 is 2.11 bits per heavy atom. The van der Waals surface area contributed by atoms with Crippen LogP contribution in [0.3, 0.4) is 0 Å². The van der Waals surface area contributed by atoms with E-state index in [1.165, 1.54) is 0 Å². The molecular weight excluding hydrogens is 378 g/mol. The third-order valence-electron chi connectivity index (χ3n) is 4.49. The summed E-state index contributed by atoms with van der Waals surface area (Å²) in [6.07, 6.45) is 3.64. The average molecular weight is 400 g/mol. The van der Waals surface area contributed by atoms with E-state index < -0.39 is 0 Å². The van der Waals surface area contributed by atoms with Gasteiger partial charge in [-0.15, -0.1) is 0 Å². The molecule has 0 fully saturated rings. The van der Waals surface area contributed by atoms with E-state index in [0.29, 0.717) is 23.1 Å². The predicted octanol–water partition coefficient (Wildman–Crippen LogP) is 2.72. The van der Waals surface area contributed by atoms with E-state index in [0.717, 1.165) is 22.6 Å². The molecule has 8 heteroatoms. The van der Waals surface area contributed by atoms with Crippen molar-refractivity contribution in [3.05, 3.63) is 39.9 Å². The molecule has 0 amide bonds. The number of nitrogens with zero attached hydrogens (tertiary/aromatic N) is 4. The van der Waals surface area contributed by atoms with Gasteiger partial charge < -0.3 is 20.1 Å². The second-order valence-electron chi connectivity index (χ2n) is 6.64. The van der Waals surface area contributed by atoms with Gasteiger partial charge in [-0.05, 0) is 20.8 Å². The van der Waals surface area contributed by atoms with Gasteiger partial charge >= 0.3 is 0 Å². The van der Waals surface area contributed by atoms with Gasteiger partial charge in [0.05, 0.1) is 36.9 Å². The molecule has 146 valence electrons. The van der Waals surface area contributed by atoms with Crippen LogP contribution in [0.1, 0.15) is 29.3 Å². The largest absolute Gasteiger partial charge is 0.496 e. The topological polar surface area (TPSA) is 99.1 Å². The van der Waals surface area contributed by atoms with Crippen LogP contribution in [0.2, 0.25) is 5.15 Å². The average Bonchev–Trinajstić information content (AvgIpc) is 3.00. The third kappa shape index (κ3) is 3.75. The molecule has 0 unspecified atom stereocenters. The highest BCUT2D eigenvalue weighted by Crippen LogP contribution is 2.29. The molecule has 3 rings (SSSR count). The lowest BCUT2D eigenvalue weighted by molar-refractivity contribution is 0.266.